The third-order valence-corrected chi connectivity index (χ3v) is 3.42. The van der Waals surface area contributed by atoms with Crippen molar-refractivity contribution in [3.63, 3.8) is 0 Å². The Labute approximate surface area is 132 Å². The van der Waals surface area contributed by atoms with Gasteiger partial charge < -0.3 is 4.74 Å². The van der Waals surface area contributed by atoms with Crippen LogP contribution < -0.4 is 0 Å². The Morgan fingerprint density at radius 2 is 1.19 bits per heavy atom. The highest BCUT2D eigenvalue weighted by atomic mass is 16.5. The van der Waals surface area contributed by atoms with Crippen molar-refractivity contribution in [1.82, 2.24) is 0 Å². The first-order valence-corrected chi connectivity index (χ1v) is 8.29. The van der Waals surface area contributed by atoms with E-state index in [1.165, 1.54) is 0 Å². The SMILES string of the molecule is C=C(C)C(CCC=CCC)OC(CCC=CCC)C(=C)C. The summed E-state index contributed by atoms with van der Waals surface area (Å²) in [6.45, 7) is 16.6. The molecule has 0 saturated carbocycles. The molecule has 0 aromatic carbocycles. The number of hydrogen-bond donors (Lipinski definition) is 0. The van der Waals surface area contributed by atoms with Gasteiger partial charge in [0, 0.05) is 0 Å². The number of ether oxygens (including phenoxy) is 1. The molecule has 0 aliphatic heterocycles. The molecule has 0 rings (SSSR count). The van der Waals surface area contributed by atoms with Crippen molar-refractivity contribution in [1.29, 1.82) is 0 Å². The fraction of sp³-hybridized carbons (Fsp3) is 0.600. The van der Waals surface area contributed by atoms with Crippen molar-refractivity contribution in [2.75, 3.05) is 0 Å². The molecule has 0 aliphatic rings. The number of hydrogen-bond acceptors (Lipinski definition) is 1. The van der Waals surface area contributed by atoms with Gasteiger partial charge in [0.15, 0.2) is 0 Å². The van der Waals surface area contributed by atoms with Crippen LogP contribution in [0.25, 0.3) is 0 Å². The summed E-state index contributed by atoms with van der Waals surface area (Å²) in [5.74, 6) is 0. The Kier molecular flexibility index (Phi) is 12.0. The van der Waals surface area contributed by atoms with Gasteiger partial charge in [-0.05, 0) is 52.4 Å². The average Bonchev–Trinajstić information content (AvgIpc) is 2.44. The second-order valence-electron chi connectivity index (χ2n) is 5.72. The molecule has 0 aromatic heterocycles. The van der Waals surface area contributed by atoms with Gasteiger partial charge in [-0.2, -0.15) is 0 Å². The molecule has 0 heterocycles. The van der Waals surface area contributed by atoms with E-state index in [4.69, 9.17) is 4.74 Å². The topological polar surface area (TPSA) is 9.23 Å². The third kappa shape index (κ3) is 10.3. The maximum absolute atomic E-state index is 6.27. The minimum atomic E-state index is 0.128. The molecular formula is C20H34O. The molecule has 120 valence electrons. The zero-order chi connectivity index (χ0) is 16.1. The minimum absolute atomic E-state index is 0.128. The summed E-state index contributed by atoms with van der Waals surface area (Å²) in [6, 6.07) is 0. The Bertz CT molecular complexity index is 315. The Hall–Kier alpha value is -1.08. The van der Waals surface area contributed by atoms with Gasteiger partial charge in [0.1, 0.15) is 0 Å². The van der Waals surface area contributed by atoms with Crippen molar-refractivity contribution in [2.24, 2.45) is 0 Å². The molecule has 0 fully saturated rings. The third-order valence-electron chi connectivity index (χ3n) is 3.42. The quantitative estimate of drug-likeness (QED) is 0.379. The van der Waals surface area contributed by atoms with E-state index in [2.05, 4.69) is 65.2 Å². The average molecular weight is 290 g/mol. The van der Waals surface area contributed by atoms with Crippen molar-refractivity contribution in [3.8, 4) is 0 Å². The van der Waals surface area contributed by atoms with Crippen LogP contribution in [0.3, 0.4) is 0 Å². The van der Waals surface area contributed by atoms with E-state index in [1.54, 1.807) is 0 Å². The van der Waals surface area contributed by atoms with Crippen LogP contribution in [-0.2, 0) is 4.74 Å². The highest BCUT2D eigenvalue weighted by molar-refractivity contribution is 5.04. The zero-order valence-corrected chi connectivity index (χ0v) is 14.5. The molecule has 1 heteroatoms. The zero-order valence-electron chi connectivity index (χ0n) is 14.5. The highest BCUT2D eigenvalue weighted by Crippen LogP contribution is 2.20. The Morgan fingerprint density at radius 1 is 0.810 bits per heavy atom. The van der Waals surface area contributed by atoms with Gasteiger partial charge >= 0.3 is 0 Å². The van der Waals surface area contributed by atoms with E-state index < -0.39 is 0 Å². The van der Waals surface area contributed by atoms with Gasteiger partial charge in [0.25, 0.3) is 0 Å². The predicted octanol–water partition coefficient (Wildman–Crippen LogP) is 6.39. The fourth-order valence-corrected chi connectivity index (χ4v) is 2.12. The molecule has 2 unspecified atom stereocenters. The van der Waals surface area contributed by atoms with Crippen LogP contribution in [0.5, 0.6) is 0 Å². The smallest absolute Gasteiger partial charge is 0.0790 e. The molecule has 2 atom stereocenters. The predicted molar refractivity (Wildman–Crippen MR) is 95.6 cm³/mol. The normalized spacial score (nSPS) is 14.7. The molecule has 0 radical (unpaired) electrons. The van der Waals surface area contributed by atoms with Crippen LogP contribution in [0.15, 0.2) is 48.6 Å². The first-order valence-electron chi connectivity index (χ1n) is 8.29. The van der Waals surface area contributed by atoms with Crippen LogP contribution in [0, 0.1) is 0 Å². The van der Waals surface area contributed by atoms with Crippen molar-refractivity contribution in [3.05, 3.63) is 48.6 Å². The van der Waals surface area contributed by atoms with E-state index in [-0.39, 0.29) is 12.2 Å². The maximum atomic E-state index is 6.27. The minimum Gasteiger partial charge on any atom is -0.366 e. The van der Waals surface area contributed by atoms with Gasteiger partial charge in [-0.25, -0.2) is 0 Å². The number of allylic oxidation sites excluding steroid dienone is 4. The first-order chi connectivity index (χ1) is 10.0. The second kappa shape index (κ2) is 12.6. The molecule has 21 heavy (non-hydrogen) atoms. The van der Waals surface area contributed by atoms with E-state index in [0.29, 0.717) is 0 Å². The summed E-state index contributed by atoms with van der Waals surface area (Å²) < 4.78 is 6.27. The standard InChI is InChI=1S/C20H34O/c1-7-9-11-13-15-19(17(3)4)21-20(18(5)6)16-14-12-10-8-2/h9-12,19-20H,3,5,7-8,13-16H2,1-2,4,6H3. The van der Waals surface area contributed by atoms with Gasteiger partial charge in [-0.15, -0.1) is 0 Å². The second-order valence-corrected chi connectivity index (χ2v) is 5.72. The fourth-order valence-electron chi connectivity index (χ4n) is 2.12. The molecule has 0 aliphatic carbocycles. The van der Waals surface area contributed by atoms with Crippen molar-refractivity contribution in [2.45, 2.75) is 78.4 Å². The summed E-state index contributed by atoms with van der Waals surface area (Å²) in [5, 5.41) is 0. The summed E-state index contributed by atoms with van der Waals surface area (Å²) in [5.41, 5.74) is 2.21. The van der Waals surface area contributed by atoms with Crippen molar-refractivity contribution >= 4 is 0 Å². The monoisotopic (exact) mass is 290 g/mol. The van der Waals surface area contributed by atoms with Gasteiger partial charge in [0.2, 0.25) is 0 Å². The summed E-state index contributed by atoms with van der Waals surface area (Å²) >= 11 is 0. The van der Waals surface area contributed by atoms with Crippen LogP contribution in [0.2, 0.25) is 0 Å². The Balaban J connectivity index is 4.45. The molecule has 0 bridgehead atoms. The van der Waals surface area contributed by atoms with E-state index in [0.717, 1.165) is 49.7 Å². The van der Waals surface area contributed by atoms with Gasteiger partial charge in [-0.1, -0.05) is 62.5 Å². The van der Waals surface area contributed by atoms with E-state index in [1.807, 2.05) is 0 Å². The summed E-state index contributed by atoms with van der Waals surface area (Å²) in [7, 11) is 0. The van der Waals surface area contributed by atoms with Crippen LogP contribution >= 0.6 is 0 Å². The van der Waals surface area contributed by atoms with Crippen LogP contribution in [-0.4, -0.2) is 12.2 Å². The molecule has 0 amide bonds. The van der Waals surface area contributed by atoms with E-state index >= 15 is 0 Å². The summed E-state index contributed by atoms with van der Waals surface area (Å²) in [6.07, 6.45) is 15.4. The van der Waals surface area contributed by atoms with Crippen LogP contribution in [0.1, 0.15) is 66.2 Å². The highest BCUT2D eigenvalue weighted by Gasteiger charge is 2.17. The first kappa shape index (κ1) is 19.9. The van der Waals surface area contributed by atoms with Crippen LogP contribution in [0.4, 0.5) is 0 Å². The molecule has 0 spiro atoms. The molecule has 1 nitrogen and oxygen atoms in total. The van der Waals surface area contributed by atoms with E-state index in [9.17, 15) is 0 Å². The molecule has 0 aromatic rings. The van der Waals surface area contributed by atoms with Gasteiger partial charge in [0.05, 0.1) is 12.2 Å². The lowest BCUT2D eigenvalue weighted by Gasteiger charge is -2.25. The van der Waals surface area contributed by atoms with Crippen molar-refractivity contribution < 1.29 is 4.74 Å². The largest absolute Gasteiger partial charge is 0.366 e. The maximum Gasteiger partial charge on any atom is 0.0790 e. The lowest BCUT2D eigenvalue weighted by atomic mass is 10.0. The summed E-state index contributed by atoms with van der Waals surface area (Å²) in [4.78, 5) is 0. The lowest BCUT2D eigenvalue weighted by Crippen LogP contribution is -2.23. The molecule has 0 saturated heterocycles. The lowest BCUT2D eigenvalue weighted by molar-refractivity contribution is 0.0209. The van der Waals surface area contributed by atoms with Gasteiger partial charge in [-0.3, -0.25) is 0 Å². The molecular weight excluding hydrogens is 256 g/mol. The number of rotatable bonds is 12. The molecule has 0 N–H and O–H groups in total. The Morgan fingerprint density at radius 3 is 1.48 bits per heavy atom.